The van der Waals surface area contributed by atoms with Gasteiger partial charge in [0, 0.05) is 0 Å². The Morgan fingerprint density at radius 2 is 2.36 bits per heavy atom. The van der Waals surface area contributed by atoms with Crippen LogP contribution in [-0.2, 0) is 4.79 Å². The number of halogens is 1. The Hall–Kier alpha value is -0.240. The predicted molar refractivity (Wildman–Crippen MR) is 41.7 cm³/mol. The zero-order valence-electron chi connectivity index (χ0n) is 6.22. The Morgan fingerprint density at radius 1 is 1.64 bits per heavy atom. The number of carbonyl (C=O) groups is 1. The van der Waals surface area contributed by atoms with E-state index in [1.807, 2.05) is 0 Å². The summed E-state index contributed by atoms with van der Waals surface area (Å²) in [6, 6.07) is 0. The summed E-state index contributed by atoms with van der Waals surface area (Å²) < 4.78 is 0. The first kappa shape index (κ1) is 7.41. The molecule has 0 amide bonds. The van der Waals surface area contributed by atoms with E-state index in [4.69, 9.17) is 16.7 Å². The summed E-state index contributed by atoms with van der Waals surface area (Å²) in [6.45, 7) is 0. The van der Waals surface area contributed by atoms with Crippen LogP contribution in [0.2, 0.25) is 0 Å². The zero-order chi connectivity index (χ0) is 8.06. The van der Waals surface area contributed by atoms with Gasteiger partial charge in [-0.1, -0.05) is 0 Å². The van der Waals surface area contributed by atoms with E-state index in [2.05, 4.69) is 0 Å². The monoisotopic (exact) mass is 174 g/mol. The summed E-state index contributed by atoms with van der Waals surface area (Å²) >= 11 is 6.18. The van der Waals surface area contributed by atoms with Gasteiger partial charge < -0.3 is 5.11 Å². The van der Waals surface area contributed by atoms with Gasteiger partial charge in [0.15, 0.2) is 0 Å². The molecule has 1 N–H and O–H groups in total. The molecule has 2 aliphatic carbocycles. The Morgan fingerprint density at radius 3 is 2.64 bits per heavy atom. The van der Waals surface area contributed by atoms with E-state index in [1.54, 1.807) is 0 Å². The third kappa shape index (κ3) is 0.959. The normalized spacial score (nSPS) is 48.1. The Balaban J connectivity index is 2.21. The van der Waals surface area contributed by atoms with Crippen LogP contribution in [0.4, 0.5) is 0 Å². The van der Waals surface area contributed by atoms with Crippen molar-refractivity contribution in [1.29, 1.82) is 0 Å². The highest BCUT2D eigenvalue weighted by Crippen LogP contribution is 2.55. The maximum atomic E-state index is 10.7. The second-order valence-corrected chi connectivity index (χ2v) is 4.52. The minimum atomic E-state index is -0.706. The maximum absolute atomic E-state index is 10.7. The lowest BCUT2D eigenvalue weighted by atomic mass is 9.88. The first-order valence-electron chi connectivity index (χ1n) is 4.03. The van der Waals surface area contributed by atoms with Crippen LogP contribution in [0.3, 0.4) is 0 Å². The van der Waals surface area contributed by atoms with Crippen LogP contribution in [-0.4, -0.2) is 16.0 Å². The highest BCUT2D eigenvalue weighted by Gasteiger charge is 2.53. The molecule has 2 aliphatic rings. The lowest BCUT2D eigenvalue weighted by Gasteiger charge is -2.25. The van der Waals surface area contributed by atoms with Gasteiger partial charge in [0.25, 0.3) is 0 Å². The average Bonchev–Trinajstić information content (AvgIpc) is 2.41. The van der Waals surface area contributed by atoms with Crippen molar-refractivity contribution in [1.82, 2.24) is 0 Å². The molecular weight excluding hydrogens is 164 g/mol. The lowest BCUT2D eigenvalue weighted by molar-refractivity contribution is -0.142. The molecule has 0 spiro atoms. The van der Waals surface area contributed by atoms with Crippen molar-refractivity contribution in [2.45, 2.75) is 30.6 Å². The smallest absolute Gasteiger partial charge is 0.308 e. The third-order valence-corrected chi connectivity index (χ3v) is 3.69. The second-order valence-electron chi connectivity index (χ2n) is 3.77. The van der Waals surface area contributed by atoms with Crippen LogP contribution < -0.4 is 0 Å². The molecule has 62 valence electrons. The second kappa shape index (κ2) is 2.13. The number of rotatable bonds is 1. The highest BCUT2D eigenvalue weighted by atomic mass is 35.5. The van der Waals surface area contributed by atoms with Crippen molar-refractivity contribution in [2.75, 3.05) is 0 Å². The number of alkyl halides is 1. The number of fused-ring (bicyclic) bond motifs is 2. The molecule has 0 aromatic carbocycles. The minimum absolute atomic E-state index is 0.275. The van der Waals surface area contributed by atoms with Crippen molar-refractivity contribution in [3.05, 3.63) is 0 Å². The zero-order valence-corrected chi connectivity index (χ0v) is 6.97. The fraction of sp³-hybridized carbons (Fsp3) is 0.875. The Labute approximate surface area is 70.5 Å². The fourth-order valence-corrected chi connectivity index (χ4v) is 3.02. The number of carboxylic acid groups (broad SMARTS) is 1. The number of hydrogen-bond acceptors (Lipinski definition) is 1. The minimum Gasteiger partial charge on any atom is -0.481 e. The number of hydrogen-bond donors (Lipinski definition) is 1. The van der Waals surface area contributed by atoms with Crippen LogP contribution in [0.15, 0.2) is 0 Å². The van der Waals surface area contributed by atoms with Gasteiger partial charge in [-0.15, -0.1) is 11.6 Å². The highest BCUT2D eigenvalue weighted by molar-refractivity contribution is 6.25. The summed E-state index contributed by atoms with van der Waals surface area (Å²) in [5, 5.41) is 8.82. The molecule has 2 rings (SSSR count). The standard InChI is InChI=1S/C8H11ClO2/c9-8-2-1-5(4-8)3-6(8)7(10)11/h5-6H,1-4H2,(H,10,11). The van der Waals surface area contributed by atoms with Crippen molar-refractivity contribution >= 4 is 17.6 Å². The van der Waals surface area contributed by atoms with Crippen molar-refractivity contribution < 1.29 is 9.90 Å². The Bertz CT molecular complexity index is 204. The topological polar surface area (TPSA) is 37.3 Å². The molecule has 0 aromatic rings. The van der Waals surface area contributed by atoms with E-state index in [9.17, 15) is 4.79 Å². The lowest BCUT2D eigenvalue weighted by Crippen LogP contribution is -2.32. The molecule has 2 bridgehead atoms. The first-order valence-corrected chi connectivity index (χ1v) is 4.41. The van der Waals surface area contributed by atoms with Gasteiger partial charge >= 0.3 is 5.97 Å². The summed E-state index contributed by atoms with van der Waals surface area (Å²) in [5.74, 6) is -0.390. The van der Waals surface area contributed by atoms with Crippen LogP contribution in [0.1, 0.15) is 25.7 Å². The molecule has 2 nitrogen and oxygen atoms in total. The van der Waals surface area contributed by atoms with Gasteiger partial charge in [-0.2, -0.15) is 0 Å². The van der Waals surface area contributed by atoms with Crippen LogP contribution >= 0.6 is 11.6 Å². The van der Waals surface area contributed by atoms with Crippen molar-refractivity contribution in [2.24, 2.45) is 11.8 Å². The molecule has 0 aliphatic heterocycles. The van der Waals surface area contributed by atoms with Crippen molar-refractivity contribution in [3.8, 4) is 0 Å². The van der Waals surface area contributed by atoms with Gasteiger partial charge in [-0.3, -0.25) is 4.79 Å². The molecule has 11 heavy (non-hydrogen) atoms. The molecule has 0 aromatic heterocycles. The molecule has 0 heterocycles. The molecule has 3 unspecified atom stereocenters. The van der Waals surface area contributed by atoms with E-state index in [0.717, 1.165) is 25.7 Å². The van der Waals surface area contributed by atoms with Crippen LogP contribution in [0.5, 0.6) is 0 Å². The van der Waals surface area contributed by atoms with Gasteiger partial charge in [-0.05, 0) is 31.6 Å². The van der Waals surface area contributed by atoms with Gasteiger partial charge in [0.1, 0.15) is 0 Å². The van der Waals surface area contributed by atoms with E-state index in [1.165, 1.54) is 0 Å². The average molecular weight is 175 g/mol. The van der Waals surface area contributed by atoms with Crippen molar-refractivity contribution in [3.63, 3.8) is 0 Å². The molecule has 0 saturated heterocycles. The molecule has 0 radical (unpaired) electrons. The van der Waals surface area contributed by atoms with E-state index >= 15 is 0 Å². The predicted octanol–water partition coefficient (Wildman–Crippen LogP) is 1.87. The van der Waals surface area contributed by atoms with Crippen LogP contribution in [0, 0.1) is 11.8 Å². The Kier molecular flexibility index (Phi) is 1.43. The first-order chi connectivity index (χ1) is 5.12. The largest absolute Gasteiger partial charge is 0.481 e. The van der Waals surface area contributed by atoms with Crippen LogP contribution in [0.25, 0.3) is 0 Å². The molecule has 2 fully saturated rings. The summed E-state index contributed by atoms with van der Waals surface area (Å²) in [4.78, 5) is 10.3. The summed E-state index contributed by atoms with van der Waals surface area (Å²) in [6.07, 6.45) is 3.76. The van der Waals surface area contributed by atoms with Gasteiger partial charge in [-0.25, -0.2) is 0 Å². The van der Waals surface area contributed by atoms with E-state index in [-0.39, 0.29) is 10.8 Å². The molecule has 3 atom stereocenters. The quantitative estimate of drug-likeness (QED) is 0.617. The fourth-order valence-electron chi connectivity index (χ4n) is 2.51. The molecular formula is C8H11ClO2. The van der Waals surface area contributed by atoms with Gasteiger partial charge in [0.05, 0.1) is 10.8 Å². The molecule has 3 heteroatoms. The van der Waals surface area contributed by atoms with E-state index < -0.39 is 5.97 Å². The third-order valence-electron chi connectivity index (χ3n) is 3.09. The van der Waals surface area contributed by atoms with Gasteiger partial charge in [0.2, 0.25) is 0 Å². The SMILES string of the molecule is O=C(O)C1CC2CCC1(Cl)C2. The summed E-state index contributed by atoms with van der Waals surface area (Å²) in [5.41, 5.74) is 0. The molecule has 2 saturated carbocycles. The summed E-state index contributed by atoms with van der Waals surface area (Å²) in [7, 11) is 0. The maximum Gasteiger partial charge on any atom is 0.308 e. The number of carboxylic acids is 1. The van der Waals surface area contributed by atoms with E-state index in [0.29, 0.717) is 5.92 Å². The number of aliphatic carboxylic acids is 1.